The Labute approximate surface area is 104 Å². The molecule has 0 aliphatic rings. The van der Waals surface area contributed by atoms with Gasteiger partial charge in [-0.25, -0.2) is 9.37 Å². The summed E-state index contributed by atoms with van der Waals surface area (Å²) in [6.07, 6.45) is 3.33. The Kier molecular flexibility index (Phi) is 5.48. The Hall–Kier alpha value is -1.56. The molecule has 0 spiro atoms. The van der Waals surface area contributed by atoms with E-state index in [1.165, 1.54) is 12.1 Å². The lowest BCUT2D eigenvalue weighted by molar-refractivity contribution is 0.0948. The standard InChI is InChI=1S/C11H14FN3OS/c12-8-4-5-9(15-7-8)11(16)14-6-2-1-3-10(13)17/h4-5,7H,1-3,6H2,(H2,13,17)(H,14,16). The van der Waals surface area contributed by atoms with Gasteiger partial charge in [0.25, 0.3) is 5.91 Å². The number of hydrogen-bond donors (Lipinski definition) is 2. The van der Waals surface area contributed by atoms with Crippen molar-refractivity contribution in [1.82, 2.24) is 10.3 Å². The number of carbonyl (C=O) groups excluding carboxylic acids is 1. The number of aromatic nitrogens is 1. The van der Waals surface area contributed by atoms with Gasteiger partial charge >= 0.3 is 0 Å². The van der Waals surface area contributed by atoms with E-state index >= 15 is 0 Å². The molecule has 0 bridgehead atoms. The summed E-state index contributed by atoms with van der Waals surface area (Å²) in [6, 6.07) is 2.55. The van der Waals surface area contributed by atoms with Crippen LogP contribution in [0.25, 0.3) is 0 Å². The fourth-order valence-corrected chi connectivity index (χ4v) is 1.37. The van der Waals surface area contributed by atoms with Crippen molar-refractivity contribution in [1.29, 1.82) is 0 Å². The van der Waals surface area contributed by atoms with Crippen LogP contribution in [0.1, 0.15) is 29.8 Å². The molecule has 0 unspecified atom stereocenters. The van der Waals surface area contributed by atoms with Crippen LogP contribution in [0.15, 0.2) is 18.3 Å². The van der Waals surface area contributed by atoms with Crippen LogP contribution in [-0.4, -0.2) is 22.4 Å². The predicted molar refractivity (Wildman–Crippen MR) is 67.2 cm³/mol. The maximum Gasteiger partial charge on any atom is 0.269 e. The first-order valence-electron chi connectivity index (χ1n) is 5.27. The van der Waals surface area contributed by atoms with Crippen molar-refractivity contribution in [2.24, 2.45) is 5.73 Å². The highest BCUT2D eigenvalue weighted by Gasteiger charge is 2.05. The van der Waals surface area contributed by atoms with E-state index in [2.05, 4.69) is 10.3 Å². The lowest BCUT2D eigenvalue weighted by Gasteiger charge is -2.04. The van der Waals surface area contributed by atoms with E-state index < -0.39 is 5.82 Å². The fourth-order valence-electron chi connectivity index (χ4n) is 1.23. The maximum atomic E-state index is 12.6. The van der Waals surface area contributed by atoms with Crippen molar-refractivity contribution in [3.05, 3.63) is 29.8 Å². The Balaban J connectivity index is 2.25. The van der Waals surface area contributed by atoms with Crippen LogP contribution >= 0.6 is 12.2 Å². The Morgan fingerprint density at radius 3 is 2.82 bits per heavy atom. The monoisotopic (exact) mass is 255 g/mol. The van der Waals surface area contributed by atoms with Gasteiger partial charge in [-0.3, -0.25) is 4.79 Å². The van der Waals surface area contributed by atoms with Crippen molar-refractivity contribution in [2.75, 3.05) is 6.54 Å². The molecule has 17 heavy (non-hydrogen) atoms. The molecular formula is C11H14FN3OS. The van der Waals surface area contributed by atoms with E-state index in [9.17, 15) is 9.18 Å². The summed E-state index contributed by atoms with van der Waals surface area (Å²) in [4.78, 5) is 15.7. The van der Waals surface area contributed by atoms with E-state index in [-0.39, 0.29) is 11.6 Å². The molecular weight excluding hydrogens is 241 g/mol. The molecule has 3 N–H and O–H groups in total. The first kappa shape index (κ1) is 13.5. The molecule has 0 fully saturated rings. The summed E-state index contributed by atoms with van der Waals surface area (Å²) in [7, 11) is 0. The average Bonchev–Trinajstić information content (AvgIpc) is 2.29. The third kappa shape index (κ3) is 5.35. The first-order valence-corrected chi connectivity index (χ1v) is 5.68. The molecule has 1 heterocycles. The van der Waals surface area contributed by atoms with Crippen molar-refractivity contribution < 1.29 is 9.18 Å². The Morgan fingerprint density at radius 2 is 2.24 bits per heavy atom. The van der Waals surface area contributed by atoms with Gasteiger partial charge in [0.05, 0.1) is 11.2 Å². The van der Waals surface area contributed by atoms with Crippen LogP contribution in [0.2, 0.25) is 0 Å². The van der Waals surface area contributed by atoms with Gasteiger partial charge in [0, 0.05) is 6.54 Å². The van der Waals surface area contributed by atoms with Crippen molar-refractivity contribution in [3.63, 3.8) is 0 Å². The summed E-state index contributed by atoms with van der Waals surface area (Å²) in [6.45, 7) is 0.528. The van der Waals surface area contributed by atoms with Gasteiger partial charge in [0.15, 0.2) is 0 Å². The third-order valence-electron chi connectivity index (χ3n) is 2.10. The van der Waals surface area contributed by atoms with Gasteiger partial charge in [-0.15, -0.1) is 0 Å². The number of halogens is 1. The molecule has 0 aliphatic carbocycles. The van der Waals surface area contributed by atoms with E-state index in [1.807, 2.05) is 0 Å². The summed E-state index contributed by atoms with van der Waals surface area (Å²) in [5, 5.41) is 2.68. The summed E-state index contributed by atoms with van der Waals surface area (Å²) >= 11 is 4.73. The molecule has 1 rings (SSSR count). The van der Waals surface area contributed by atoms with Gasteiger partial charge in [0.1, 0.15) is 11.5 Å². The average molecular weight is 255 g/mol. The third-order valence-corrected chi connectivity index (χ3v) is 2.30. The summed E-state index contributed by atoms with van der Waals surface area (Å²) in [5.74, 6) is -0.765. The molecule has 0 atom stereocenters. The number of nitrogens with zero attached hydrogens (tertiary/aromatic N) is 1. The van der Waals surface area contributed by atoms with E-state index in [4.69, 9.17) is 18.0 Å². The van der Waals surface area contributed by atoms with Crippen molar-refractivity contribution >= 4 is 23.1 Å². The molecule has 1 aromatic heterocycles. The minimum absolute atomic E-state index is 0.209. The molecule has 0 aliphatic heterocycles. The number of nitrogens with two attached hydrogens (primary N) is 1. The van der Waals surface area contributed by atoms with Crippen LogP contribution in [-0.2, 0) is 0 Å². The van der Waals surface area contributed by atoms with Crippen molar-refractivity contribution in [2.45, 2.75) is 19.3 Å². The fraction of sp³-hybridized carbons (Fsp3) is 0.364. The number of rotatable bonds is 6. The zero-order valence-electron chi connectivity index (χ0n) is 9.28. The van der Waals surface area contributed by atoms with E-state index in [0.717, 1.165) is 19.0 Å². The molecule has 0 saturated heterocycles. The minimum atomic E-state index is -0.460. The number of unbranched alkanes of at least 4 members (excludes halogenated alkanes) is 1. The van der Waals surface area contributed by atoms with E-state index in [0.29, 0.717) is 18.0 Å². The largest absolute Gasteiger partial charge is 0.393 e. The maximum absolute atomic E-state index is 12.6. The lowest BCUT2D eigenvalue weighted by atomic mass is 10.2. The van der Waals surface area contributed by atoms with Crippen LogP contribution < -0.4 is 11.1 Å². The van der Waals surface area contributed by atoms with E-state index in [1.54, 1.807) is 0 Å². The predicted octanol–water partition coefficient (Wildman–Crippen LogP) is 1.41. The second-order valence-corrected chi connectivity index (χ2v) is 4.07. The SMILES string of the molecule is NC(=S)CCCCNC(=O)c1ccc(F)cn1. The minimum Gasteiger partial charge on any atom is -0.393 e. The first-order chi connectivity index (χ1) is 8.09. The molecule has 1 aromatic rings. The second-order valence-electron chi connectivity index (χ2n) is 3.54. The number of pyridine rings is 1. The summed E-state index contributed by atoms with van der Waals surface area (Å²) in [5.41, 5.74) is 5.55. The molecule has 1 amide bonds. The van der Waals surface area contributed by atoms with Crippen LogP contribution in [0, 0.1) is 5.82 Å². The van der Waals surface area contributed by atoms with Gasteiger partial charge in [-0.2, -0.15) is 0 Å². The van der Waals surface area contributed by atoms with Crippen LogP contribution in [0.3, 0.4) is 0 Å². The van der Waals surface area contributed by atoms with Crippen molar-refractivity contribution in [3.8, 4) is 0 Å². The molecule has 0 saturated carbocycles. The number of carbonyl (C=O) groups is 1. The Morgan fingerprint density at radius 1 is 1.47 bits per heavy atom. The van der Waals surface area contributed by atoms with Gasteiger partial charge in [0.2, 0.25) is 0 Å². The molecule has 0 radical (unpaired) electrons. The zero-order chi connectivity index (χ0) is 12.7. The highest BCUT2D eigenvalue weighted by atomic mass is 32.1. The van der Waals surface area contributed by atoms with Crippen LogP contribution in [0.4, 0.5) is 4.39 Å². The number of hydrogen-bond acceptors (Lipinski definition) is 3. The molecule has 6 heteroatoms. The zero-order valence-corrected chi connectivity index (χ0v) is 10.1. The quantitative estimate of drug-likeness (QED) is 0.595. The van der Waals surface area contributed by atoms with Gasteiger partial charge in [-0.1, -0.05) is 12.2 Å². The summed E-state index contributed by atoms with van der Waals surface area (Å²) < 4.78 is 12.6. The highest BCUT2D eigenvalue weighted by molar-refractivity contribution is 7.80. The number of thiocarbonyl (C=S) groups is 1. The molecule has 0 aromatic carbocycles. The van der Waals surface area contributed by atoms with Crippen LogP contribution in [0.5, 0.6) is 0 Å². The normalized spacial score (nSPS) is 9.94. The Bertz CT molecular complexity index is 394. The topological polar surface area (TPSA) is 68.0 Å². The smallest absolute Gasteiger partial charge is 0.269 e. The second kappa shape index (κ2) is 6.90. The number of nitrogens with one attached hydrogen (secondary N) is 1. The van der Waals surface area contributed by atoms with Gasteiger partial charge in [-0.05, 0) is 31.4 Å². The molecule has 4 nitrogen and oxygen atoms in total. The lowest BCUT2D eigenvalue weighted by Crippen LogP contribution is -2.25. The van der Waals surface area contributed by atoms with Gasteiger partial charge < -0.3 is 11.1 Å². The highest BCUT2D eigenvalue weighted by Crippen LogP contribution is 1.99. The number of amides is 1. The molecule has 92 valence electrons.